The number of hydrogen-bond donors (Lipinski definition) is 0. The molecule has 1 saturated heterocycles. The van der Waals surface area contributed by atoms with Gasteiger partial charge in [-0.1, -0.05) is 7.77 Å². The SMILES string of the molecule is FB(F)F.FS(F)=[N+]1CCOCC1.[F-]. The highest BCUT2D eigenvalue weighted by Gasteiger charge is 2.16. The maximum Gasteiger partial charge on any atom is 0.762 e. The lowest BCUT2D eigenvalue weighted by atomic mass is 10.5. The van der Waals surface area contributed by atoms with Gasteiger partial charge in [0.15, 0.2) is 13.1 Å². The molecule has 0 atom stereocenters. The van der Waals surface area contributed by atoms with Crippen LogP contribution in [0.1, 0.15) is 0 Å². The van der Waals surface area contributed by atoms with Crippen molar-refractivity contribution in [3.8, 4) is 0 Å². The third-order valence-corrected chi connectivity index (χ3v) is 1.92. The van der Waals surface area contributed by atoms with Crippen molar-refractivity contribution in [3.63, 3.8) is 0 Å². The van der Waals surface area contributed by atoms with Crippen LogP contribution < -0.4 is 4.70 Å². The van der Waals surface area contributed by atoms with Crippen molar-refractivity contribution in [2.75, 3.05) is 26.3 Å². The van der Waals surface area contributed by atoms with E-state index in [0.717, 1.165) is 3.95 Å². The molecule has 0 unspecified atom stereocenters. The van der Waals surface area contributed by atoms with Gasteiger partial charge in [-0.3, -0.25) is 12.9 Å². The van der Waals surface area contributed by atoms with E-state index in [1.807, 2.05) is 0 Å². The highest BCUT2D eigenvalue weighted by Crippen LogP contribution is 1.96. The van der Waals surface area contributed by atoms with Crippen LogP contribution in [0.3, 0.4) is 0 Å². The fourth-order valence-electron chi connectivity index (χ4n) is 0.685. The highest BCUT2D eigenvalue weighted by molar-refractivity contribution is 7.74. The van der Waals surface area contributed by atoms with Gasteiger partial charge in [0.25, 0.3) is 0 Å². The van der Waals surface area contributed by atoms with Gasteiger partial charge < -0.3 is 9.44 Å². The molecule has 1 fully saturated rings. The minimum absolute atomic E-state index is 0. The van der Waals surface area contributed by atoms with Crippen LogP contribution >= 0.6 is 0 Å². The van der Waals surface area contributed by atoms with Gasteiger partial charge in [0, 0.05) is 0 Å². The van der Waals surface area contributed by atoms with E-state index in [2.05, 4.69) is 0 Å². The summed E-state index contributed by atoms with van der Waals surface area (Å²) in [6.45, 7) is 1.63. The molecule has 0 radical (unpaired) electrons. The van der Waals surface area contributed by atoms with Gasteiger partial charge in [-0.15, -0.1) is 3.95 Å². The minimum atomic E-state index is -3.67. The van der Waals surface area contributed by atoms with Crippen LogP contribution in [0.4, 0.5) is 20.7 Å². The van der Waals surface area contributed by atoms with Crippen LogP contribution in [0.15, 0.2) is 0 Å². The first-order valence-electron chi connectivity index (χ1n) is 3.36. The van der Waals surface area contributed by atoms with Crippen molar-refractivity contribution in [3.05, 3.63) is 0 Å². The van der Waals surface area contributed by atoms with Crippen molar-refractivity contribution in [2.24, 2.45) is 0 Å². The zero-order chi connectivity index (χ0) is 10.3. The lowest BCUT2D eigenvalue weighted by Crippen LogP contribution is -3.00. The summed E-state index contributed by atoms with van der Waals surface area (Å²) in [7, 11) is -3.67. The summed E-state index contributed by atoms with van der Waals surface area (Å²) in [6.07, 6.45) is 0. The van der Waals surface area contributed by atoms with Crippen molar-refractivity contribution in [1.29, 1.82) is 0 Å². The zero-order valence-corrected chi connectivity index (χ0v) is 7.75. The Balaban J connectivity index is 0. The van der Waals surface area contributed by atoms with E-state index in [1.165, 1.54) is 0 Å². The molecule has 0 saturated carbocycles. The van der Waals surface area contributed by atoms with E-state index < -0.39 is 19.0 Å². The summed E-state index contributed by atoms with van der Waals surface area (Å²) in [5.74, 6) is 0. The number of halogens is 6. The predicted octanol–water partition coefficient (Wildman–Crippen LogP) is -1.52. The third-order valence-electron chi connectivity index (χ3n) is 1.17. The Morgan fingerprint density at radius 2 is 1.43 bits per heavy atom. The second kappa shape index (κ2) is 9.32. The lowest BCUT2D eigenvalue weighted by molar-refractivity contribution is -0.530. The molecule has 86 valence electrons. The molecule has 0 aromatic carbocycles. The smallest absolute Gasteiger partial charge is 0.762 e. The van der Waals surface area contributed by atoms with Gasteiger partial charge >= 0.3 is 19.0 Å². The molecule has 0 aromatic rings. The Labute approximate surface area is 80.3 Å². The van der Waals surface area contributed by atoms with Crippen LogP contribution in [-0.2, 0) is 16.2 Å². The summed E-state index contributed by atoms with van der Waals surface area (Å²) in [5, 5.41) is 0. The molecule has 0 aliphatic carbocycles. The Bertz CT molecular complexity index is 166. The minimum Gasteiger partial charge on any atom is -1.00 e. The second-order valence-corrected chi connectivity index (χ2v) is 2.89. The average molecular weight is 243 g/mol. The number of nitrogens with zero attached hydrogens (tertiary/aromatic N) is 1. The molecule has 0 amide bonds. The molecule has 0 N–H and O–H groups in total. The van der Waals surface area contributed by atoms with Crippen molar-refractivity contribution in [2.45, 2.75) is 0 Å². The van der Waals surface area contributed by atoms with E-state index in [9.17, 15) is 20.7 Å². The van der Waals surface area contributed by atoms with Gasteiger partial charge in [-0.05, 0) is 0 Å². The molecular weight excluding hydrogens is 235 g/mol. The molecule has 1 aliphatic rings. The Morgan fingerprint density at radius 1 is 1.07 bits per heavy atom. The van der Waals surface area contributed by atoms with Gasteiger partial charge in [-0.2, -0.15) is 0 Å². The standard InChI is InChI=1S/C4H8F2NOS.BF3.FH/c5-9(6)7-1-3-8-4-2-7;2-1(3)4;/h1-4H2;;1H/q+1;;/p-1. The van der Waals surface area contributed by atoms with Crippen molar-refractivity contribution < 1.29 is 34.1 Å². The molecule has 14 heavy (non-hydrogen) atoms. The second-order valence-electron chi connectivity index (χ2n) is 1.99. The van der Waals surface area contributed by atoms with Crippen molar-refractivity contribution in [1.82, 2.24) is 0 Å². The van der Waals surface area contributed by atoms with E-state index >= 15 is 0 Å². The first kappa shape index (κ1) is 16.2. The highest BCUT2D eigenvalue weighted by atomic mass is 32.2. The first-order chi connectivity index (χ1) is 6.04. The molecule has 0 bridgehead atoms. The summed E-state index contributed by atoms with van der Waals surface area (Å²) in [6, 6.07) is 0. The fraction of sp³-hybridized carbons (Fsp3) is 1.00. The van der Waals surface area contributed by atoms with E-state index in [-0.39, 0.29) is 4.70 Å². The number of morpholine rings is 1. The number of hydrogen-bond acceptors (Lipinski definition) is 1. The molecule has 1 rings (SSSR count). The number of ether oxygens (including phenoxy) is 1. The Hall–Kier alpha value is -0.245. The lowest BCUT2D eigenvalue weighted by Gasteiger charge is -2.07. The predicted molar refractivity (Wildman–Crippen MR) is 39.5 cm³/mol. The van der Waals surface area contributed by atoms with Crippen molar-refractivity contribution >= 4 is 19.0 Å². The fourth-order valence-corrected chi connectivity index (χ4v) is 1.11. The van der Waals surface area contributed by atoms with Gasteiger partial charge in [0.1, 0.15) is 13.2 Å². The van der Waals surface area contributed by atoms with Crippen LogP contribution in [0.2, 0.25) is 0 Å². The summed E-state index contributed by atoms with van der Waals surface area (Å²) >= 11 is -2.55. The van der Waals surface area contributed by atoms with Crippen LogP contribution in [0.25, 0.3) is 0 Å². The molecule has 2 nitrogen and oxygen atoms in total. The quantitative estimate of drug-likeness (QED) is 0.286. The monoisotopic (exact) mass is 243 g/mol. The molecular formula is C4H8BF6NOS. The molecule has 1 aliphatic heterocycles. The van der Waals surface area contributed by atoms with E-state index in [1.54, 1.807) is 0 Å². The third kappa shape index (κ3) is 9.84. The first-order valence-corrected chi connectivity index (χ1v) is 4.34. The van der Waals surface area contributed by atoms with Gasteiger partial charge in [0.05, 0.1) is 0 Å². The molecule has 10 heteroatoms. The summed E-state index contributed by atoms with van der Waals surface area (Å²) < 4.78 is 58.6. The normalized spacial score (nSPS) is 15.4. The van der Waals surface area contributed by atoms with Crippen LogP contribution in [0.5, 0.6) is 0 Å². The van der Waals surface area contributed by atoms with E-state index in [4.69, 9.17) is 4.74 Å². The van der Waals surface area contributed by atoms with E-state index in [0.29, 0.717) is 26.3 Å². The van der Waals surface area contributed by atoms with Crippen LogP contribution in [-0.4, -0.2) is 37.8 Å². The Morgan fingerprint density at radius 3 is 1.64 bits per heavy atom. The largest absolute Gasteiger partial charge is 1.00 e. The number of rotatable bonds is 0. The van der Waals surface area contributed by atoms with Gasteiger partial charge in [-0.25, -0.2) is 0 Å². The molecule has 0 aromatic heterocycles. The van der Waals surface area contributed by atoms with Gasteiger partial charge in [0.2, 0.25) is 0 Å². The summed E-state index contributed by atoms with van der Waals surface area (Å²) in [5.41, 5.74) is 0. The molecule has 0 spiro atoms. The zero-order valence-electron chi connectivity index (χ0n) is 6.94. The molecule has 1 heterocycles. The average Bonchev–Trinajstić information content (AvgIpc) is 2.05. The topological polar surface area (TPSA) is 12.2 Å². The Kier molecular flexibility index (Phi) is 10.8. The maximum atomic E-state index is 11.8. The maximum absolute atomic E-state index is 11.8. The van der Waals surface area contributed by atoms with Crippen LogP contribution in [0, 0.1) is 0 Å². The summed E-state index contributed by atoms with van der Waals surface area (Å²) in [4.78, 5) is 0.